The number of nitrogens with one attached hydrogen (secondary N) is 1. The molecule has 8 heteroatoms. The maximum Gasteiger partial charge on any atom is 0.234 e. The second-order valence-electron chi connectivity index (χ2n) is 5.28. The van der Waals surface area contributed by atoms with Crippen LogP contribution in [0.1, 0.15) is 13.3 Å². The number of furan rings is 1. The summed E-state index contributed by atoms with van der Waals surface area (Å²) in [5.41, 5.74) is 0.710. The van der Waals surface area contributed by atoms with E-state index in [0.717, 1.165) is 13.0 Å². The van der Waals surface area contributed by atoms with Crippen LogP contribution in [0.2, 0.25) is 5.02 Å². The van der Waals surface area contributed by atoms with Crippen LogP contribution in [0.4, 0.5) is 5.69 Å². The molecule has 1 N–H and O–H groups in total. The number of nitrogens with zero attached hydrogens (tertiary/aromatic N) is 3. The Kier molecular flexibility index (Phi) is 5.78. The maximum absolute atomic E-state index is 12.1. The van der Waals surface area contributed by atoms with Gasteiger partial charge in [0, 0.05) is 17.3 Å². The van der Waals surface area contributed by atoms with Gasteiger partial charge in [0.2, 0.25) is 5.91 Å². The molecule has 0 aliphatic carbocycles. The summed E-state index contributed by atoms with van der Waals surface area (Å²) in [5.74, 6) is 1.46. The lowest BCUT2D eigenvalue weighted by Gasteiger charge is -2.08. The van der Waals surface area contributed by atoms with Crippen molar-refractivity contribution >= 4 is 35.0 Å². The zero-order chi connectivity index (χ0) is 17.6. The quantitative estimate of drug-likeness (QED) is 0.621. The Bertz CT molecular complexity index is 831. The van der Waals surface area contributed by atoms with E-state index in [0.29, 0.717) is 27.5 Å². The molecule has 0 spiro atoms. The van der Waals surface area contributed by atoms with Gasteiger partial charge in [0.25, 0.3) is 0 Å². The van der Waals surface area contributed by atoms with Gasteiger partial charge in [0.05, 0.1) is 12.0 Å². The van der Waals surface area contributed by atoms with Crippen LogP contribution >= 0.6 is 23.4 Å². The van der Waals surface area contributed by atoms with Crippen molar-refractivity contribution in [2.45, 2.75) is 25.0 Å². The molecule has 0 atom stereocenters. The van der Waals surface area contributed by atoms with Crippen molar-refractivity contribution in [2.75, 3.05) is 11.1 Å². The van der Waals surface area contributed by atoms with Crippen molar-refractivity contribution in [3.8, 4) is 11.6 Å². The predicted molar refractivity (Wildman–Crippen MR) is 98.8 cm³/mol. The molecular formula is C17H17ClN4O2S. The second kappa shape index (κ2) is 8.22. The summed E-state index contributed by atoms with van der Waals surface area (Å²) in [4.78, 5) is 12.1. The number of amides is 1. The molecule has 1 amide bonds. The van der Waals surface area contributed by atoms with Crippen LogP contribution in [0.5, 0.6) is 0 Å². The van der Waals surface area contributed by atoms with Gasteiger partial charge < -0.3 is 9.73 Å². The Morgan fingerprint density at radius 2 is 2.08 bits per heavy atom. The lowest BCUT2D eigenvalue weighted by Crippen LogP contribution is -2.14. The van der Waals surface area contributed by atoms with E-state index < -0.39 is 0 Å². The number of hydrogen-bond donors (Lipinski definition) is 1. The van der Waals surface area contributed by atoms with Crippen molar-refractivity contribution in [3.05, 3.63) is 47.7 Å². The summed E-state index contributed by atoms with van der Waals surface area (Å²) in [5, 5.41) is 12.6. The highest BCUT2D eigenvalue weighted by molar-refractivity contribution is 7.99. The summed E-state index contributed by atoms with van der Waals surface area (Å²) in [6, 6.07) is 10.7. The van der Waals surface area contributed by atoms with E-state index in [1.165, 1.54) is 11.8 Å². The number of carbonyl (C=O) groups excluding carboxylic acids is 1. The predicted octanol–water partition coefficient (Wildman–Crippen LogP) is 4.33. The van der Waals surface area contributed by atoms with Gasteiger partial charge in [-0.3, -0.25) is 9.36 Å². The van der Waals surface area contributed by atoms with E-state index in [1.807, 2.05) is 16.7 Å². The average Bonchev–Trinajstić information content (AvgIpc) is 3.25. The van der Waals surface area contributed by atoms with Gasteiger partial charge in [-0.05, 0) is 42.8 Å². The SMILES string of the molecule is CCCn1c(SCC(=O)Nc2ccc(Cl)cc2)nnc1-c1ccco1. The van der Waals surface area contributed by atoms with Gasteiger partial charge in [-0.25, -0.2) is 0 Å². The Morgan fingerprint density at radius 3 is 2.76 bits per heavy atom. The third-order valence-corrected chi connectivity index (χ3v) is 4.58. The monoisotopic (exact) mass is 376 g/mol. The van der Waals surface area contributed by atoms with Crippen molar-refractivity contribution in [2.24, 2.45) is 0 Å². The van der Waals surface area contributed by atoms with E-state index in [-0.39, 0.29) is 11.7 Å². The maximum atomic E-state index is 12.1. The lowest BCUT2D eigenvalue weighted by atomic mass is 10.3. The molecule has 0 radical (unpaired) electrons. The second-order valence-corrected chi connectivity index (χ2v) is 6.66. The molecule has 0 unspecified atom stereocenters. The first-order chi connectivity index (χ1) is 12.2. The van der Waals surface area contributed by atoms with Crippen LogP contribution < -0.4 is 5.32 Å². The minimum atomic E-state index is -0.113. The smallest absolute Gasteiger partial charge is 0.234 e. The van der Waals surface area contributed by atoms with E-state index >= 15 is 0 Å². The molecule has 3 rings (SSSR count). The largest absolute Gasteiger partial charge is 0.461 e. The van der Waals surface area contributed by atoms with Crippen LogP contribution in [0, 0.1) is 0 Å². The first-order valence-corrected chi connectivity index (χ1v) is 9.19. The van der Waals surface area contributed by atoms with Crippen LogP contribution in [0.15, 0.2) is 52.2 Å². The summed E-state index contributed by atoms with van der Waals surface area (Å²) in [6.07, 6.45) is 2.53. The van der Waals surface area contributed by atoms with Crippen LogP contribution in [0.25, 0.3) is 11.6 Å². The standard InChI is InChI=1S/C17H17ClN4O2S/c1-2-9-22-16(14-4-3-10-24-14)20-21-17(22)25-11-15(23)19-13-7-5-12(18)6-8-13/h3-8,10H,2,9,11H2,1H3,(H,19,23). The Balaban J connectivity index is 1.66. The molecule has 6 nitrogen and oxygen atoms in total. The molecule has 2 aromatic heterocycles. The fourth-order valence-corrected chi connectivity index (χ4v) is 3.16. The molecule has 130 valence electrons. The normalized spacial score (nSPS) is 10.8. The Labute approximate surface area is 154 Å². The first kappa shape index (κ1) is 17.6. The molecule has 1 aromatic carbocycles. The number of benzene rings is 1. The number of hydrogen-bond acceptors (Lipinski definition) is 5. The fourth-order valence-electron chi connectivity index (χ4n) is 2.27. The average molecular weight is 377 g/mol. The molecule has 0 aliphatic rings. The van der Waals surface area contributed by atoms with Gasteiger partial charge in [0.15, 0.2) is 16.7 Å². The van der Waals surface area contributed by atoms with Gasteiger partial charge in [-0.1, -0.05) is 30.3 Å². The highest BCUT2D eigenvalue weighted by Gasteiger charge is 2.16. The number of thioether (sulfide) groups is 1. The zero-order valence-corrected chi connectivity index (χ0v) is 15.2. The van der Waals surface area contributed by atoms with E-state index in [2.05, 4.69) is 22.4 Å². The molecule has 0 aliphatic heterocycles. The van der Waals surface area contributed by atoms with Crippen LogP contribution in [-0.2, 0) is 11.3 Å². The molecule has 0 saturated heterocycles. The lowest BCUT2D eigenvalue weighted by molar-refractivity contribution is -0.113. The van der Waals surface area contributed by atoms with E-state index in [1.54, 1.807) is 30.5 Å². The third-order valence-electron chi connectivity index (χ3n) is 3.37. The van der Waals surface area contributed by atoms with Crippen molar-refractivity contribution < 1.29 is 9.21 Å². The van der Waals surface area contributed by atoms with Gasteiger partial charge in [-0.15, -0.1) is 10.2 Å². The van der Waals surface area contributed by atoms with Gasteiger partial charge in [-0.2, -0.15) is 0 Å². The minimum Gasteiger partial charge on any atom is -0.461 e. The van der Waals surface area contributed by atoms with E-state index in [9.17, 15) is 4.79 Å². The minimum absolute atomic E-state index is 0.113. The molecule has 3 aromatic rings. The summed E-state index contributed by atoms with van der Waals surface area (Å²) < 4.78 is 7.38. The highest BCUT2D eigenvalue weighted by Crippen LogP contribution is 2.25. The molecular weight excluding hydrogens is 360 g/mol. The summed E-state index contributed by atoms with van der Waals surface area (Å²) >= 11 is 7.18. The van der Waals surface area contributed by atoms with Crippen LogP contribution in [-0.4, -0.2) is 26.4 Å². The molecule has 0 saturated carbocycles. The Morgan fingerprint density at radius 1 is 1.28 bits per heavy atom. The first-order valence-electron chi connectivity index (χ1n) is 7.82. The Hall–Kier alpha value is -2.25. The van der Waals surface area contributed by atoms with Crippen molar-refractivity contribution in [3.63, 3.8) is 0 Å². The topological polar surface area (TPSA) is 73.0 Å². The van der Waals surface area contributed by atoms with Crippen LogP contribution in [0.3, 0.4) is 0 Å². The number of aromatic nitrogens is 3. The van der Waals surface area contributed by atoms with Gasteiger partial charge in [0.1, 0.15) is 0 Å². The van der Waals surface area contributed by atoms with Gasteiger partial charge >= 0.3 is 0 Å². The highest BCUT2D eigenvalue weighted by atomic mass is 35.5. The molecule has 25 heavy (non-hydrogen) atoms. The number of anilines is 1. The van der Waals surface area contributed by atoms with E-state index in [4.69, 9.17) is 16.0 Å². The summed E-state index contributed by atoms with van der Waals surface area (Å²) in [7, 11) is 0. The number of carbonyl (C=O) groups is 1. The number of rotatable bonds is 7. The molecule has 0 fully saturated rings. The third kappa shape index (κ3) is 4.43. The molecule has 0 bridgehead atoms. The molecule has 2 heterocycles. The summed E-state index contributed by atoms with van der Waals surface area (Å²) in [6.45, 7) is 2.83. The van der Waals surface area contributed by atoms with Crippen molar-refractivity contribution in [1.29, 1.82) is 0 Å². The number of halogens is 1. The fraction of sp³-hybridized carbons (Fsp3) is 0.235. The zero-order valence-electron chi connectivity index (χ0n) is 13.6. The van der Waals surface area contributed by atoms with Crippen molar-refractivity contribution in [1.82, 2.24) is 14.8 Å².